The Kier molecular flexibility index (Phi) is 56.6. The van der Waals surface area contributed by atoms with E-state index in [1.54, 1.807) is 0 Å². The maximum atomic E-state index is 12.9. The summed E-state index contributed by atoms with van der Waals surface area (Å²) in [4.78, 5) is 38.0. The maximum absolute atomic E-state index is 12.9. The van der Waals surface area contributed by atoms with E-state index in [9.17, 15) is 14.4 Å². The van der Waals surface area contributed by atoms with Crippen LogP contribution in [0.5, 0.6) is 0 Å². The molecule has 0 saturated heterocycles. The van der Waals surface area contributed by atoms with Gasteiger partial charge < -0.3 is 14.2 Å². The zero-order valence-corrected chi connectivity index (χ0v) is 51.0. The summed E-state index contributed by atoms with van der Waals surface area (Å²) in [5, 5.41) is 0. The largest absolute Gasteiger partial charge is 0.371 e. The lowest BCUT2D eigenvalue weighted by Crippen LogP contribution is -2.13. The van der Waals surface area contributed by atoms with Crippen LogP contribution in [0.3, 0.4) is 0 Å². The van der Waals surface area contributed by atoms with Crippen LogP contribution in [0, 0.1) is 535 Å². The monoisotopic (exact) mass is 1250 g/mol. The summed E-state index contributed by atoms with van der Waals surface area (Å²) in [6.07, 6.45) is 20.6. The molecule has 102 heavy (non-hydrogen) atoms. The van der Waals surface area contributed by atoms with Crippen molar-refractivity contribution in [3.05, 3.63) is 11.6 Å². The van der Waals surface area contributed by atoms with E-state index >= 15 is 0 Å². The van der Waals surface area contributed by atoms with Crippen molar-refractivity contribution in [3.8, 4) is 535 Å². The van der Waals surface area contributed by atoms with E-state index in [1.165, 1.54) is 0 Å². The number of terminal acetylenes is 3. The van der Waals surface area contributed by atoms with Gasteiger partial charge in [0.1, 0.15) is 18.3 Å². The lowest BCUT2D eigenvalue weighted by atomic mass is 10.2. The Labute approximate surface area is 596 Å². The van der Waals surface area contributed by atoms with Crippen molar-refractivity contribution < 1.29 is 28.6 Å². The van der Waals surface area contributed by atoms with E-state index in [0.29, 0.717) is 6.08 Å². The SMILES string of the molecule is C#CC#CC#CC#CC#CC#CC#CC#CC#CC#CC#CC#CC#CC#CC#COC(=O)C=C(CC(=O)OC#CC#CC#CC#CC#CC#CC#CC#CC#CC#CC#CC#CC#CC#CC#C)C(=O)OC#CC#CC#CC#CC#CC#CC#CC#CC#CC#CC#CC#CC#CC#CC#C. The maximum Gasteiger partial charge on any atom is 0.348 e. The highest BCUT2D eigenvalue weighted by Crippen LogP contribution is 2.07. The summed E-state index contributed by atoms with van der Waals surface area (Å²) < 4.78 is 14.3. The Bertz CT molecular complexity index is 6830. The topological polar surface area (TPSA) is 78.9 Å². The van der Waals surface area contributed by atoms with Gasteiger partial charge in [-0.25, -0.2) is 9.59 Å². The molecule has 0 bridgehead atoms. The van der Waals surface area contributed by atoms with Crippen LogP contribution in [0.25, 0.3) is 0 Å². The molecule has 0 aliphatic rings. The summed E-state index contributed by atoms with van der Waals surface area (Å²) in [6, 6.07) is 0. The fourth-order valence-electron chi connectivity index (χ4n) is 3.37. The fraction of sp³-hybridized carbons (Fsp3) is 0.0104. The molecule has 0 fully saturated rings. The van der Waals surface area contributed by atoms with Crippen LogP contribution < -0.4 is 0 Å². The van der Waals surface area contributed by atoms with Crippen molar-refractivity contribution in [2.24, 2.45) is 0 Å². The Morgan fingerprint density at radius 3 is 0.490 bits per heavy atom. The molecule has 0 unspecified atom stereocenters. The van der Waals surface area contributed by atoms with Gasteiger partial charge in [-0.2, -0.15) is 0 Å². The second-order valence-electron chi connectivity index (χ2n) is 13.0. The lowest BCUT2D eigenvalue weighted by molar-refractivity contribution is -0.139. The molecule has 0 rings (SSSR count). The first-order chi connectivity index (χ1) is 50.5. The van der Waals surface area contributed by atoms with Crippen LogP contribution >= 0.6 is 0 Å². The number of carbonyl (C=O) groups excluding carboxylic acids is 3. The molecule has 0 atom stereocenters. The Morgan fingerprint density at radius 2 is 0.324 bits per heavy atom. The Balaban J connectivity index is 5.91. The zero-order valence-electron chi connectivity index (χ0n) is 51.0. The molecule has 6 heteroatoms. The predicted octanol–water partition coefficient (Wildman–Crippen LogP) is -0.153. The normalized spacial score (nSPS) is 4.89. The van der Waals surface area contributed by atoms with Gasteiger partial charge in [-0.3, -0.25) is 4.79 Å². The first-order valence-electron chi connectivity index (χ1n) is 25.2. The average molecular weight is 1260 g/mol. The van der Waals surface area contributed by atoms with E-state index in [-0.39, 0.29) is 0 Å². The summed E-state index contributed by atoms with van der Waals surface area (Å²) in [7, 11) is 0. The lowest BCUT2D eigenvalue weighted by Gasteiger charge is -2.01. The zero-order chi connectivity index (χ0) is 73.4. The summed E-state index contributed by atoms with van der Waals surface area (Å²) >= 11 is 0. The predicted molar refractivity (Wildman–Crippen MR) is 384 cm³/mol. The van der Waals surface area contributed by atoms with Gasteiger partial charge >= 0.3 is 17.9 Å². The molecule has 0 aromatic rings. The van der Waals surface area contributed by atoms with Crippen LogP contribution in [0.4, 0.5) is 0 Å². The second kappa shape index (κ2) is 71.8. The molecular formula is C96H6O6. The fourth-order valence-corrected chi connectivity index (χ4v) is 3.37. The molecule has 0 aromatic carbocycles. The minimum Gasteiger partial charge on any atom is -0.371 e. The molecule has 0 amide bonds. The molecular weight excluding hydrogens is 1250 g/mol. The van der Waals surface area contributed by atoms with Crippen LogP contribution in [-0.4, -0.2) is 17.9 Å². The quantitative estimate of drug-likeness (QED) is 0.169. The van der Waals surface area contributed by atoms with Crippen LogP contribution in [-0.2, 0) is 28.6 Å². The van der Waals surface area contributed by atoms with Gasteiger partial charge in [-0.1, -0.05) is 0 Å². The molecule has 426 valence electrons. The molecule has 0 heterocycles. The van der Waals surface area contributed by atoms with Gasteiger partial charge in [0.05, 0.1) is 12.0 Å². The highest BCUT2D eigenvalue weighted by atomic mass is 16.5. The molecule has 0 aliphatic heterocycles. The molecule has 0 aliphatic carbocycles. The number of hydrogen-bond acceptors (Lipinski definition) is 6. The van der Waals surface area contributed by atoms with E-state index in [0.717, 1.165) is 0 Å². The van der Waals surface area contributed by atoms with Crippen LogP contribution in [0.1, 0.15) is 6.42 Å². The van der Waals surface area contributed by atoms with Gasteiger partial charge in [0.15, 0.2) is 0 Å². The molecule has 0 radical (unpaired) electrons. The minimum atomic E-state index is -1.28. The van der Waals surface area contributed by atoms with Crippen molar-refractivity contribution in [1.82, 2.24) is 0 Å². The number of ether oxygens (including phenoxy) is 3. The van der Waals surface area contributed by atoms with Crippen LogP contribution in [0.15, 0.2) is 11.6 Å². The smallest absolute Gasteiger partial charge is 0.348 e. The standard InChI is InChI=1S/C96H6O6/c1-4-7-10-13-16-19-22-25-28-31-34-37-40-43-46-49-52-55-58-61-64-67-70-73-76-79-82-85-88-100-94(97)91-93(96(99)102-90-87-84-81-78-75-72-69-66-63-60-57-54-51-48-45-42-39-36-33-30-27-24-21-18-15-12-9-6-3)92-95(98)101-89-86-83-80-77-74-71-68-65-62-59-56-53-50-47-44-41-38-35-32-29-26-23-20-17-14-11-8-5-2/h1-3,91H,92H2. The molecule has 0 N–H and O–H groups in total. The first kappa shape index (κ1) is 80.3. The second-order valence-corrected chi connectivity index (χ2v) is 13.0. The van der Waals surface area contributed by atoms with Crippen molar-refractivity contribution in [2.75, 3.05) is 0 Å². The number of esters is 3. The third-order valence-electron chi connectivity index (χ3n) is 6.59. The number of rotatable bonds is 4. The van der Waals surface area contributed by atoms with E-state index in [2.05, 4.69) is 497 Å². The third-order valence-corrected chi connectivity index (χ3v) is 6.59. The highest BCUT2D eigenvalue weighted by Gasteiger charge is 2.18. The Hall–Kier alpha value is -21.6. The van der Waals surface area contributed by atoms with Crippen molar-refractivity contribution in [1.29, 1.82) is 0 Å². The van der Waals surface area contributed by atoms with Gasteiger partial charge in [0.25, 0.3) is 0 Å². The highest BCUT2D eigenvalue weighted by molar-refractivity contribution is 6.00. The third kappa shape index (κ3) is 67.5. The van der Waals surface area contributed by atoms with Gasteiger partial charge in [-0.05, 0) is 142 Å². The van der Waals surface area contributed by atoms with E-state index < -0.39 is 29.9 Å². The van der Waals surface area contributed by atoms with Crippen molar-refractivity contribution in [2.45, 2.75) is 6.42 Å². The van der Waals surface area contributed by atoms with Crippen molar-refractivity contribution >= 4 is 17.9 Å². The number of hydrogen-bond donors (Lipinski definition) is 0. The number of carbonyl (C=O) groups is 3. The average Bonchev–Trinajstić information content (AvgIpc) is 0.930. The van der Waals surface area contributed by atoms with Crippen molar-refractivity contribution in [3.63, 3.8) is 0 Å². The first-order valence-corrected chi connectivity index (χ1v) is 25.2. The summed E-state index contributed by atoms with van der Waals surface area (Å²) in [5.74, 6) is 199. The van der Waals surface area contributed by atoms with Gasteiger partial charge in [0, 0.05) is 361 Å². The molecule has 0 aromatic heterocycles. The molecule has 6 nitrogen and oxygen atoms in total. The summed E-state index contributed by atoms with van der Waals surface area (Å²) in [5.41, 5.74) is -0.603. The van der Waals surface area contributed by atoms with Crippen LogP contribution in [0.2, 0.25) is 0 Å². The van der Waals surface area contributed by atoms with E-state index in [4.69, 9.17) is 33.5 Å². The molecule has 0 spiro atoms. The minimum absolute atomic E-state index is 0.588. The Morgan fingerprint density at radius 1 is 0.186 bits per heavy atom. The summed E-state index contributed by atoms with van der Waals surface area (Å²) in [6.45, 7) is 0. The van der Waals surface area contributed by atoms with E-state index in [1.807, 2.05) is 18.3 Å². The molecule has 0 saturated carbocycles. The van der Waals surface area contributed by atoms with Gasteiger partial charge in [-0.15, -0.1) is 19.3 Å². The van der Waals surface area contributed by atoms with Gasteiger partial charge in [0.2, 0.25) is 0 Å².